The van der Waals surface area contributed by atoms with E-state index in [-0.39, 0.29) is 37.9 Å². The van der Waals surface area contributed by atoms with Gasteiger partial charge in [-0.3, -0.25) is 14.3 Å². The molecule has 1 saturated heterocycles. The lowest BCUT2D eigenvalue weighted by Gasteiger charge is -2.38. The van der Waals surface area contributed by atoms with Crippen molar-refractivity contribution in [1.29, 1.82) is 0 Å². The van der Waals surface area contributed by atoms with Crippen molar-refractivity contribution in [2.45, 2.75) is 58.2 Å². The molecule has 5 rings (SSSR count). The van der Waals surface area contributed by atoms with Gasteiger partial charge in [0.05, 0.1) is 24.9 Å². The van der Waals surface area contributed by atoms with Gasteiger partial charge in [0.2, 0.25) is 21.7 Å². The average molecular weight is 650 g/mol. The fourth-order valence-corrected chi connectivity index (χ4v) is 7.68. The van der Waals surface area contributed by atoms with Crippen molar-refractivity contribution < 1.29 is 47.5 Å². The summed E-state index contributed by atoms with van der Waals surface area (Å²) in [6.07, 6.45) is 0. The number of hydrogen-bond donors (Lipinski definition) is 0. The molecule has 1 saturated carbocycles. The van der Waals surface area contributed by atoms with Crippen molar-refractivity contribution in [3.63, 3.8) is 0 Å². The molecule has 2 aromatic carbocycles. The minimum absolute atomic E-state index is 0.0595. The summed E-state index contributed by atoms with van der Waals surface area (Å²) in [6, 6.07) is 13.5. The third-order valence-electron chi connectivity index (χ3n) is 8.13. The first-order chi connectivity index (χ1) is 20.9. The van der Waals surface area contributed by atoms with Gasteiger partial charge in [-0.25, -0.2) is 4.79 Å². The largest absolute Gasteiger partial charge is 0.469 e. The molecule has 5 unspecified atom stereocenters. The number of hydrogen-bond acceptors (Lipinski definition) is 10. The fourth-order valence-electron chi connectivity index (χ4n) is 6.52. The molecule has 12 heteroatoms. The number of carbonyl (C=O) groups excluding carboxylic acids is 3. The molecule has 2 aliphatic heterocycles. The predicted molar refractivity (Wildman–Crippen MR) is 158 cm³/mol. The highest BCUT2D eigenvalue weighted by atomic mass is 35.5. The quantitative estimate of drug-likeness (QED) is 0.170. The molecule has 0 spiro atoms. The van der Waals surface area contributed by atoms with E-state index in [9.17, 15) is 14.4 Å². The predicted octanol–water partition coefficient (Wildman–Crippen LogP) is 5.34. The lowest BCUT2D eigenvalue weighted by molar-refractivity contribution is -0.292. The molecule has 44 heavy (non-hydrogen) atoms. The van der Waals surface area contributed by atoms with Gasteiger partial charge in [-0.05, 0) is 65.8 Å². The summed E-state index contributed by atoms with van der Waals surface area (Å²) in [4.78, 5) is 42.8. The summed E-state index contributed by atoms with van der Waals surface area (Å²) < 4.78 is 42.3. The Bertz CT molecular complexity index is 1510. The minimum Gasteiger partial charge on any atom is -0.469 e. The molecule has 2 aromatic rings. The number of carbonyl (C=O) groups is 3. The van der Waals surface area contributed by atoms with Crippen LogP contribution in [-0.4, -0.2) is 61.0 Å². The topological polar surface area (TPSA) is 116 Å². The average Bonchev–Trinajstić information content (AvgIpc) is 3.26. The first-order valence-electron chi connectivity index (χ1n) is 14.4. The van der Waals surface area contributed by atoms with E-state index < -0.39 is 56.0 Å². The van der Waals surface area contributed by atoms with E-state index in [1.807, 2.05) is 13.8 Å². The molecule has 0 N–H and O–H groups in total. The van der Waals surface area contributed by atoms with Crippen molar-refractivity contribution in [3.8, 4) is 11.5 Å². The molecule has 0 aromatic heterocycles. The molecule has 2 fully saturated rings. The van der Waals surface area contributed by atoms with Gasteiger partial charge in [0.15, 0.2) is 0 Å². The van der Waals surface area contributed by atoms with Gasteiger partial charge >= 0.3 is 17.9 Å². The Hall–Kier alpha value is -3.31. The highest BCUT2D eigenvalue weighted by Gasteiger charge is 3.17. The van der Waals surface area contributed by atoms with Crippen LogP contribution in [0.15, 0.2) is 59.1 Å². The molecule has 10 nitrogen and oxygen atoms in total. The maximum absolute atomic E-state index is 14.6. The van der Waals surface area contributed by atoms with Gasteiger partial charge in [0, 0.05) is 6.61 Å². The van der Waals surface area contributed by atoms with Crippen molar-refractivity contribution in [2.75, 3.05) is 26.4 Å². The second-order valence-electron chi connectivity index (χ2n) is 10.5. The van der Waals surface area contributed by atoms with E-state index in [0.717, 1.165) is 11.1 Å². The number of fused-ring (bicyclic) bond motifs is 5. The molecule has 0 amide bonds. The lowest BCUT2D eigenvalue weighted by atomic mass is 9.75. The number of aryl methyl sites for hydroxylation is 2. The molecular weight excluding hydrogens is 615 g/mol. The molecule has 5 atom stereocenters. The van der Waals surface area contributed by atoms with E-state index in [4.69, 9.17) is 56.4 Å². The van der Waals surface area contributed by atoms with Crippen LogP contribution in [0.2, 0.25) is 0 Å². The fraction of sp³-hybridized carbons (Fsp3) is 0.469. The number of benzene rings is 2. The Morgan fingerprint density at radius 1 is 0.682 bits per heavy atom. The van der Waals surface area contributed by atoms with Gasteiger partial charge < -0.3 is 28.4 Å². The number of ether oxygens (including phenoxy) is 7. The zero-order chi connectivity index (χ0) is 32.1. The molecule has 236 valence electrons. The van der Waals surface area contributed by atoms with Gasteiger partial charge in [-0.2, -0.15) is 0 Å². The highest BCUT2D eigenvalue weighted by molar-refractivity contribution is 6.39. The lowest BCUT2D eigenvalue weighted by Crippen LogP contribution is -2.56. The molecule has 2 heterocycles. The van der Waals surface area contributed by atoms with Crippen LogP contribution in [0.3, 0.4) is 0 Å². The molecule has 2 bridgehead atoms. The Balaban J connectivity index is 1.91. The maximum atomic E-state index is 14.6. The zero-order valence-electron chi connectivity index (χ0n) is 25.3. The SMILES string of the molecule is CCOC(=O)C1=C(Cl)C2(OCC)OC1(Oc1ccc(C)cc1)C1(C(=O)OCC)C(Cl)(Oc3ccc(C)cc3)C21C(=O)OCC. The molecular formula is C32H34Cl2O10. The van der Waals surface area contributed by atoms with Crippen LogP contribution in [0.5, 0.6) is 11.5 Å². The standard InChI is InChI=1S/C32H34Cl2O10/c1-7-38-25(35)23-24(33)31(41-10-4)29(27(37)40-9-3)28(26(36)39-8-2,32(29,34)43-22-17-13-20(6)14-18-22)30(23,44-31)42-21-15-11-19(5)12-16-21/h11-18H,7-10H2,1-6H3. The summed E-state index contributed by atoms with van der Waals surface area (Å²) in [7, 11) is 0. The second kappa shape index (κ2) is 11.2. The van der Waals surface area contributed by atoms with Crippen LogP contribution >= 0.6 is 23.2 Å². The normalized spacial score (nSPS) is 31.3. The Morgan fingerprint density at radius 3 is 1.59 bits per heavy atom. The van der Waals surface area contributed by atoms with Crippen LogP contribution in [0.25, 0.3) is 0 Å². The number of esters is 3. The van der Waals surface area contributed by atoms with Crippen molar-refractivity contribution in [1.82, 2.24) is 0 Å². The van der Waals surface area contributed by atoms with E-state index in [0.29, 0.717) is 0 Å². The Kier molecular flexibility index (Phi) is 8.20. The van der Waals surface area contributed by atoms with Gasteiger partial charge in [0.1, 0.15) is 17.1 Å². The van der Waals surface area contributed by atoms with Crippen LogP contribution < -0.4 is 9.47 Å². The molecule has 3 aliphatic rings. The molecule has 1 aliphatic carbocycles. The van der Waals surface area contributed by atoms with E-state index in [1.165, 1.54) is 0 Å². The van der Waals surface area contributed by atoms with Crippen LogP contribution in [0, 0.1) is 24.7 Å². The monoisotopic (exact) mass is 648 g/mol. The third kappa shape index (κ3) is 3.77. The van der Waals surface area contributed by atoms with Gasteiger partial charge in [-0.15, -0.1) is 0 Å². The smallest absolute Gasteiger partial charge is 0.342 e. The summed E-state index contributed by atoms with van der Waals surface area (Å²) in [6.45, 7) is 9.72. The summed E-state index contributed by atoms with van der Waals surface area (Å²) in [5.41, 5.74) is -3.44. The summed E-state index contributed by atoms with van der Waals surface area (Å²) in [5, 5.41) is -2.78. The van der Waals surface area contributed by atoms with Gasteiger partial charge in [0.25, 0.3) is 5.79 Å². The molecule has 0 radical (unpaired) electrons. The third-order valence-corrected chi connectivity index (χ3v) is 9.21. The summed E-state index contributed by atoms with van der Waals surface area (Å²) >= 11 is 14.6. The number of halogens is 2. The Morgan fingerprint density at radius 2 is 1.14 bits per heavy atom. The van der Waals surface area contributed by atoms with Crippen molar-refractivity contribution >= 4 is 41.1 Å². The zero-order valence-corrected chi connectivity index (χ0v) is 26.8. The second-order valence-corrected chi connectivity index (χ2v) is 11.5. The van der Waals surface area contributed by atoms with Crippen LogP contribution in [-0.2, 0) is 38.1 Å². The first kappa shape index (κ1) is 32.1. The first-order valence-corrected chi connectivity index (χ1v) is 15.2. The van der Waals surface area contributed by atoms with Gasteiger partial charge in [-0.1, -0.05) is 58.6 Å². The number of rotatable bonds is 12. The van der Waals surface area contributed by atoms with Crippen LogP contribution in [0.4, 0.5) is 0 Å². The van der Waals surface area contributed by atoms with E-state index in [1.54, 1.807) is 76.2 Å². The van der Waals surface area contributed by atoms with Crippen LogP contribution in [0.1, 0.15) is 38.8 Å². The summed E-state index contributed by atoms with van der Waals surface area (Å²) in [5.74, 6) is -7.67. The number of alkyl halides is 1. The highest BCUT2D eigenvalue weighted by Crippen LogP contribution is 2.93. The Labute approximate surface area is 265 Å². The van der Waals surface area contributed by atoms with Crippen molar-refractivity contribution in [2.24, 2.45) is 10.8 Å². The minimum atomic E-state index is -2.55. The maximum Gasteiger partial charge on any atom is 0.342 e. The van der Waals surface area contributed by atoms with Crippen molar-refractivity contribution in [3.05, 3.63) is 70.3 Å². The van der Waals surface area contributed by atoms with E-state index >= 15 is 0 Å². The van der Waals surface area contributed by atoms with E-state index in [2.05, 4.69) is 0 Å².